The lowest BCUT2D eigenvalue weighted by Gasteiger charge is -2.12. The van der Waals surface area contributed by atoms with Crippen LogP contribution in [0, 0.1) is 0 Å². The Morgan fingerprint density at radius 3 is 1.76 bits per heavy atom. The summed E-state index contributed by atoms with van der Waals surface area (Å²) < 4.78 is 21.3. The van der Waals surface area contributed by atoms with Gasteiger partial charge in [-0.3, -0.25) is 0 Å². The maximum Gasteiger partial charge on any atom is 0.335 e. The Bertz CT molecular complexity index is 905. The van der Waals surface area contributed by atoms with E-state index in [2.05, 4.69) is 0 Å². The van der Waals surface area contributed by atoms with Crippen LogP contribution >= 0.6 is 0 Å². The second-order valence-corrected chi connectivity index (χ2v) is 7.34. The standard InChI is InChI=1S/C26H32O8/c1-3-31-24(25(28)29)18-20-9-13-22(14-10-20)34-16-6-5-15-33-21-11-7-19(8-12-21)17-23(27)26(30)32-4-2/h5-14,23-24,27H,3-4,15-18H2,1-2H3,(H,28,29). The lowest BCUT2D eigenvalue weighted by atomic mass is 10.1. The van der Waals surface area contributed by atoms with Crippen molar-refractivity contribution < 1.29 is 38.7 Å². The van der Waals surface area contributed by atoms with Gasteiger partial charge in [0.25, 0.3) is 0 Å². The molecule has 0 bridgehead atoms. The highest BCUT2D eigenvalue weighted by Crippen LogP contribution is 2.16. The van der Waals surface area contributed by atoms with Crippen LogP contribution in [0.1, 0.15) is 25.0 Å². The molecule has 34 heavy (non-hydrogen) atoms. The van der Waals surface area contributed by atoms with E-state index in [1.165, 1.54) is 0 Å². The van der Waals surface area contributed by atoms with Gasteiger partial charge < -0.3 is 29.2 Å². The Morgan fingerprint density at radius 2 is 1.32 bits per heavy atom. The molecular formula is C26H32O8. The summed E-state index contributed by atoms with van der Waals surface area (Å²) in [6, 6.07) is 14.4. The van der Waals surface area contributed by atoms with Crippen LogP contribution in [0.15, 0.2) is 60.7 Å². The van der Waals surface area contributed by atoms with Crippen molar-refractivity contribution in [3.8, 4) is 11.5 Å². The minimum Gasteiger partial charge on any atom is -0.490 e. The Hall–Kier alpha value is -3.36. The zero-order valence-corrected chi connectivity index (χ0v) is 19.5. The molecule has 2 N–H and O–H groups in total. The van der Waals surface area contributed by atoms with Crippen molar-refractivity contribution in [1.82, 2.24) is 0 Å². The number of aliphatic carboxylic acids is 1. The quantitative estimate of drug-likeness (QED) is 0.300. The fourth-order valence-electron chi connectivity index (χ4n) is 3.05. The molecule has 0 aliphatic heterocycles. The van der Waals surface area contributed by atoms with Gasteiger partial charge >= 0.3 is 11.9 Å². The van der Waals surface area contributed by atoms with Crippen LogP contribution in [0.25, 0.3) is 0 Å². The van der Waals surface area contributed by atoms with Crippen molar-refractivity contribution in [2.24, 2.45) is 0 Å². The first-order chi connectivity index (χ1) is 16.4. The van der Waals surface area contributed by atoms with E-state index in [9.17, 15) is 14.7 Å². The molecule has 0 aromatic heterocycles. The predicted octanol–water partition coefficient (Wildman–Crippen LogP) is 3.20. The third kappa shape index (κ3) is 9.64. The molecule has 0 radical (unpaired) electrons. The number of benzene rings is 2. The number of esters is 1. The number of ether oxygens (including phenoxy) is 4. The van der Waals surface area contributed by atoms with Crippen molar-refractivity contribution in [3.63, 3.8) is 0 Å². The first-order valence-corrected chi connectivity index (χ1v) is 11.2. The highest BCUT2D eigenvalue weighted by Gasteiger charge is 2.18. The molecule has 2 unspecified atom stereocenters. The predicted molar refractivity (Wildman–Crippen MR) is 126 cm³/mol. The fraction of sp³-hybridized carbons (Fsp3) is 0.385. The zero-order valence-electron chi connectivity index (χ0n) is 19.5. The molecule has 8 heteroatoms. The SMILES string of the molecule is CCOC(=O)C(O)Cc1ccc(OCC=CCOc2ccc(CC(OCC)C(=O)O)cc2)cc1. The summed E-state index contributed by atoms with van der Waals surface area (Å²) >= 11 is 0. The molecule has 0 amide bonds. The first kappa shape index (κ1) is 26.9. The van der Waals surface area contributed by atoms with Gasteiger partial charge in [-0.15, -0.1) is 0 Å². The summed E-state index contributed by atoms with van der Waals surface area (Å²) in [5, 5.41) is 19.0. The number of carboxylic acids is 1. The first-order valence-electron chi connectivity index (χ1n) is 11.2. The molecule has 2 rings (SSSR count). The van der Waals surface area contributed by atoms with Crippen LogP contribution in [-0.4, -0.2) is 60.8 Å². The number of carbonyl (C=O) groups is 2. The summed E-state index contributed by atoms with van der Waals surface area (Å²) in [6.07, 6.45) is 2.13. The second-order valence-electron chi connectivity index (χ2n) is 7.34. The van der Waals surface area contributed by atoms with Gasteiger partial charge in [0.15, 0.2) is 12.2 Å². The van der Waals surface area contributed by atoms with Gasteiger partial charge in [-0.25, -0.2) is 9.59 Å². The van der Waals surface area contributed by atoms with E-state index in [-0.39, 0.29) is 13.0 Å². The Morgan fingerprint density at radius 1 is 0.824 bits per heavy atom. The lowest BCUT2D eigenvalue weighted by Crippen LogP contribution is -2.26. The Balaban J connectivity index is 1.69. The molecule has 0 aliphatic rings. The highest BCUT2D eigenvalue weighted by atomic mass is 16.5. The van der Waals surface area contributed by atoms with Gasteiger partial charge in [0.1, 0.15) is 24.7 Å². The summed E-state index contributed by atoms with van der Waals surface area (Å²) in [5.41, 5.74) is 1.66. The van der Waals surface area contributed by atoms with Crippen LogP contribution in [-0.2, 0) is 31.9 Å². The van der Waals surface area contributed by atoms with Crippen LogP contribution in [0.5, 0.6) is 11.5 Å². The number of hydrogen-bond acceptors (Lipinski definition) is 7. The Labute approximate surface area is 199 Å². The number of carbonyl (C=O) groups excluding carboxylic acids is 1. The number of rotatable bonds is 15. The molecule has 8 nitrogen and oxygen atoms in total. The van der Waals surface area contributed by atoms with Crippen LogP contribution in [0.2, 0.25) is 0 Å². The van der Waals surface area contributed by atoms with E-state index in [0.717, 1.165) is 11.1 Å². The molecular weight excluding hydrogens is 440 g/mol. The average Bonchev–Trinajstić information content (AvgIpc) is 2.83. The molecule has 184 valence electrons. The van der Waals surface area contributed by atoms with Crippen LogP contribution in [0.3, 0.4) is 0 Å². The monoisotopic (exact) mass is 472 g/mol. The van der Waals surface area contributed by atoms with Crippen molar-refractivity contribution in [1.29, 1.82) is 0 Å². The summed E-state index contributed by atoms with van der Waals surface area (Å²) in [7, 11) is 0. The number of aliphatic hydroxyl groups excluding tert-OH is 1. The molecule has 0 aliphatic carbocycles. The zero-order chi connectivity index (χ0) is 24.8. The third-order valence-electron chi connectivity index (χ3n) is 4.76. The summed E-state index contributed by atoms with van der Waals surface area (Å²) in [6.45, 7) is 4.77. The van der Waals surface area contributed by atoms with Gasteiger partial charge in [0, 0.05) is 19.4 Å². The van der Waals surface area contributed by atoms with Crippen LogP contribution in [0.4, 0.5) is 0 Å². The number of hydrogen-bond donors (Lipinski definition) is 2. The minimum absolute atomic E-state index is 0.185. The summed E-state index contributed by atoms with van der Waals surface area (Å²) in [5.74, 6) is -0.252. The maximum atomic E-state index is 11.5. The molecule has 0 saturated heterocycles. The normalized spacial score (nSPS) is 12.8. The second kappa shape index (κ2) is 14.7. The van der Waals surface area contributed by atoms with Gasteiger partial charge in [-0.05, 0) is 61.4 Å². The Kier molecular flexibility index (Phi) is 11.6. The molecule has 0 saturated carbocycles. The van der Waals surface area contributed by atoms with E-state index in [4.69, 9.17) is 24.1 Å². The molecule has 0 heterocycles. The maximum absolute atomic E-state index is 11.5. The van der Waals surface area contributed by atoms with E-state index < -0.39 is 24.1 Å². The minimum atomic E-state index is -1.18. The highest BCUT2D eigenvalue weighted by molar-refractivity contribution is 5.74. The third-order valence-corrected chi connectivity index (χ3v) is 4.76. The molecule has 2 aromatic rings. The fourth-order valence-corrected chi connectivity index (χ4v) is 3.05. The largest absolute Gasteiger partial charge is 0.490 e. The van der Waals surface area contributed by atoms with Gasteiger partial charge in [-0.2, -0.15) is 0 Å². The van der Waals surface area contributed by atoms with Crippen molar-refractivity contribution in [2.75, 3.05) is 26.4 Å². The van der Waals surface area contributed by atoms with E-state index in [0.29, 0.717) is 37.7 Å². The molecule has 0 spiro atoms. The van der Waals surface area contributed by atoms with Crippen molar-refractivity contribution in [2.45, 2.75) is 38.9 Å². The number of carboxylic acid groups (broad SMARTS) is 1. The number of aliphatic hydroxyl groups is 1. The molecule has 2 atom stereocenters. The van der Waals surface area contributed by atoms with E-state index >= 15 is 0 Å². The van der Waals surface area contributed by atoms with Crippen molar-refractivity contribution >= 4 is 11.9 Å². The van der Waals surface area contributed by atoms with Crippen molar-refractivity contribution in [3.05, 3.63) is 71.8 Å². The molecule has 2 aromatic carbocycles. The van der Waals surface area contributed by atoms with E-state index in [1.807, 2.05) is 24.3 Å². The molecule has 0 fully saturated rings. The van der Waals surface area contributed by atoms with E-state index in [1.54, 1.807) is 50.2 Å². The van der Waals surface area contributed by atoms with Gasteiger partial charge in [0.2, 0.25) is 0 Å². The average molecular weight is 473 g/mol. The smallest absolute Gasteiger partial charge is 0.335 e. The van der Waals surface area contributed by atoms with Gasteiger partial charge in [0.05, 0.1) is 6.61 Å². The topological polar surface area (TPSA) is 112 Å². The lowest BCUT2D eigenvalue weighted by molar-refractivity contribution is -0.153. The van der Waals surface area contributed by atoms with Gasteiger partial charge in [-0.1, -0.05) is 24.3 Å². The van der Waals surface area contributed by atoms with Crippen LogP contribution < -0.4 is 9.47 Å². The summed E-state index contributed by atoms with van der Waals surface area (Å²) in [4.78, 5) is 22.7.